The van der Waals surface area contributed by atoms with E-state index in [0.29, 0.717) is 40.6 Å². The van der Waals surface area contributed by atoms with Gasteiger partial charge in [-0.3, -0.25) is 4.79 Å². The highest BCUT2D eigenvalue weighted by Gasteiger charge is 2.48. The van der Waals surface area contributed by atoms with Crippen molar-refractivity contribution in [3.63, 3.8) is 0 Å². The molecule has 1 aliphatic heterocycles. The Morgan fingerprint density at radius 1 is 1.06 bits per heavy atom. The van der Waals surface area contributed by atoms with Crippen molar-refractivity contribution in [3.8, 4) is 0 Å². The van der Waals surface area contributed by atoms with Crippen LogP contribution in [0.3, 0.4) is 0 Å². The molecule has 36 heavy (non-hydrogen) atoms. The largest absolute Gasteiger partial charge is 0.435 e. The van der Waals surface area contributed by atoms with E-state index < -0.39 is 23.8 Å². The topological polar surface area (TPSA) is 59.3 Å². The molecule has 2 unspecified atom stereocenters. The van der Waals surface area contributed by atoms with Gasteiger partial charge in [0.15, 0.2) is 11.5 Å². The van der Waals surface area contributed by atoms with Crippen LogP contribution in [-0.4, -0.2) is 27.9 Å². The van der Waals surface area contributed by atoms with Gasteiger partial charge in [-0.2, -0.15) is 18.3 Å². The molecule has 5 aliphatic rings. The van der Waals surface area contributed by atoms with E-state index in [2.05, 4.69) is 15.4 Å². The summed E-state index contributed by atoms with van der Waals surface area (Å²) in [5, 5.41) is 7.58. The first-order valence-corrected chi connectivity index (χ1v) is 13.3. The predicted molar refractivity (Wildman–Crippen MR) is 132 cm³/mol. The Morgan fingerprint density at radius 3 is 2.33 bits per heavy atom. The first kappa shape index (κ1) is 24.3. The highest BCUT2D eigenvalue weighted by Crippen LogP contribution is 2.56. The molecule has 4 saturated carbocycles. The summed E-state index contributed by atoms with van der Waals surface area (Å²) in [5.41, 5.74) is -0.0601. The first-order valence-electron chi connectivity index (χ1n) is 12.5. The van der Waals surface area contributed by atoms with E-state index in [4.69, 9.17) is 23.2 Å². The van der Waals surface area contributed by atoms with Crippen LogP contribution in [0, 0.1) is 35.5 Å². The molecule has 0 radical (unpaired) electrons. The van der Waals surface area contributed by atoms with Gasteiger partial charge in [0.1, 0.15) is 5.92 Å². The zero-order valence-corrected chi connectivity index (χ0v) is 21.2. The molecule has 4 fully saturated rings. The summed E-state index contributed by atoms with van der Waals surface area (Å²) >= 11 is 12.4. The SMILES string of the molecule is CC1=Nc2cc(C(F)(F)F)nn2C(c2ccc(Cl)c(Cl)c2)C1C(=O)NCC1C2CC3CC(C2)CC1C3. The first-order chi connectivity index (χ1) is 17.1. The number of nitrogens with zero attached hydrogens (tertiary/aromatic N) is 3. The number of benzene rings is 1. The number of aliphatic imine (C=N–C) groups is 1. The summed E-state index contributed by atoms with van der Waals surface area (Å²) in [6.07, 6.45) is 1.73. The highest BCUT2D eigenvalue weighted by atomic mass is 35.5. The maximum atomic E-state index is 13.7. The Hall–Kier alpha value is -2.06. The number of aromatic nitrogens is 2. The van der Waals surface area contributed by atoms with Gasteiger partial charge in [-0.25, -0.2) is 9.67 Å². The number of halogens is 5. The zero-order valence-electron chi connectivity index (χ0n) is 19.7. The van der Waals surface area contributed by atoms with Crippen molar-refractivity contribution in [1.82, 2.24) is 15.1 Å². The van der Waals surface area contributed by atoms with Crippen molar-refractivity contribution in [2.45, 2.75) is 51.2 Å². The van der Waals surface area contributed by atoms with Crippen LogP contribution >= 0.6 is 23.2 Å². The quantitative estimate of drug-likeness (QED) is 0.470. The molecule has 0 saturated heterocycles. The monoisotopic (exact) mass is 538 g/mol. The van der Waals surface area contributed by atoms with E-state index in [-0.39, 0.29) is 16.7 Å². The minimum absolute atomic E-state index is 0.0565. The van der Waals surface area contributed by atoms with Gasteiger partial charge in [-0.05, 0) is 86.3 Å². The van der Waals surface area contributed by atoms with Crippen molar-refractivity contribution in [2.24, 2.45) is 40.5 Å². The maximum Gasteiger partial charge on any atom is 0.435 e. The number of hydrogen-bond donors (Lipinski definition) is 1. The lowest BCUT2D eigenvalue weighted by atomic mass is 9.52. The van der Waals surface area contributed by atoms with Crippen LogP contribution in [0.15, 0.2) is 29.3 Å². The average Bonchev–Trinajstić information content (AvgIpc) is 3.23. The molecule has 4 bridgehead atoms. The molecule has 1 aromatic heterocycles. The average molecular weight is 539 g/mol. The summed E-state index contributed by atoms with van der Waals surface area (Å²) in [7, 11) is 0. The molecule has 2 aromatic rings. The smallest absolute Gasteiger partial charge is 0.355 e. The molecular formula is C26H27Cl2F3N4O. The van der Waals surface area contributed by atoms with Crippen molar-refractivity contribution in [1.29, 1.82) is 0 Å². The number of nitrogens with one attached hydrogen (secondary N) is 1. The van der Waals surface area contributed by atoms with Gasteiger partial charge < -0.3 is 5.32 Å². The Balaban J connectivity index is 1.31. The van der Waals surface area contributed by atoms with Crippen LogP contribution in [0.25, 0.3) is 0 Å². The minimum Gasteiger partial charge on any atom is -0.355 e. The molecule has 5 nitrogen and oxygen atoms in total. The molecule has 10 heteroatoms. The third-order valence-corrected chi connectivity index (χ3v) is 9.57. The van der Waals surface area contributed by atoms with Crippen molar-refractivity contribution >= 4 is 40.6 Å². The van der Waals surface area contributed by atoms with Crippen LogP contribution in [0.2, 0.25) is 10.0 Å². The number of rotatable bonds is 4. The summed E-state index contributed by atoms with van der Waals surface area (Å²) in [6, 6.07) is 4.92. The molecule has 192 valence electrons. The number of amides is 1. The van der Waals surface area contributed by atoms with Crippen LogP contribution < -0.4 is 5.32 Å². The number of hydrogen-bond acceptors (Lipinski definition) is 3. The summed E-state index contributed by atoms with van der Waals surface area (Å²) in [4.78, 5) is 18.0. The lowest BCUT2D eigenvalue weighted by molar-refractivity contribution is -0.141. The Morgan fingerprint density at radius 2 is 1.72 bits per heavy atom. The van der Waals surface area contributed by atoms with Crippen molar-refractivity contribution in [3.05, 3.63) is 45.6 Å². The van der Waals surface area contributed by atoms with E-state index in [0.717, 1.165) is 17.9 Å². The van der Waals surface area contributed by atoms with Crippen molar-refractivity contribution < 1.29 is 18.0 Å². The molecular weight excluding hydrogens is 512 g/mol. The summed E-state index contributed by atoms with van der Waals surface area (Å²) in [6.45, 7) is 2.27. The molecule has 2 atom stereocenters. The van der Waals surface area contributed by atoms with Gasteiger partial charge >= 0.3 is 6.18 Å². The lowest BCUT2D eigenvalue weighted by Gasteiger charge is -2.54. The molecule has 1 N–H and O–H groups in total. The standard InChI is InChI=1S/C26H27Cl2F3N4O/c1-12-23(25(36)32-11-18-16-5-13-4-14(7-16)8-17(18)6-13)24(15-2-3-19(27)20(28)9-15)35-22(33-12)10-21(34-35)26(29,30)31/h2-3,9-10,13-14,16-18,23-24H,4-8,11H2,1H3,(H,32,36). The number of carbonyl (C=O) groups excluding carboxylic acids is 1. The Bertz CT molecular complexity index is 1210. The molecule has 1 aromatic carbocycles. The van der Waals surface area contributed by atoms with Gasteiger partial charge in [0.25, 0.3) is 0 Å². The highest BCUT2D eigenvalue weighted by molar-refractivity contribution is 6.42. The normalized spacial score (nSPS) is 32.8. The van der Waals surface area contributed by atoms with Gasteiger partial charge in [0.2, 0.25) is 5.91 Å². The van der Waals surface area contributed by atoms with Gasteiger partial charge in [-0.15, -0.1) is 0 Å². The summed E-state index contributed by atoms with van der Waals surface area (Å²) < 4.78 is 41.7. The predicted octanol–water partition coefficient (Wildman–Crippen LogP) is 6.71. The lowest BCUT2D eigenvalue weighted by Crippen LogP contribution is -2.50. The molecule has 1 amide bonds. The number of carbonyl (C=O) groups is 1. The second-order valence-corrected chi connectivity index (χ2v) is 11.8. The van der Waals surface area contributed by atoms with E-state index in [1.54, 1.807) is 25.1 Å². The molecule has 7 rings (SSSR count). The second kappa shape index (κ2) is 8.76. The van der Waals surface area contributed by atoms with Crippen LogP contribution in [0.4, 0.5) is 19.0 Å². The van der Waals surface area contributed by atoms with E-state index in [1.165, 1.54) is 36.8 Å². The number of alkyl halides is 3. The Kier molecular flexibility index (Phi) is 5.91. The maximum absolute atomic E-state index is 13.7. The fraction of sp³-hybridized carbons (Fsp3) is 0.577. The summed E-state index contributed by atoms with van der Waals surface area (Å²) in [5.74, 6) is 2.42. The Labute approximate surface area is 217 Å². The molecule has 0 spiro atoms. The molecule has 4 aliphatic carbocycles. The zero-order chi connectivity index (χ0) is 25.4. The fourth-order valence-electron chi connectivity index (χ4n) is 7.49. The van der Waals surface area contributed by atoms with Gasteiger partial charge in [0, 0.05) is 18.3 Å². The van der Waals surface area contributed by atoms with Crippen molar-refractivity contribution in [2.75, 3.05) is 6.54 Å². The van der Waals surface area contributed by atoms with Crippen LogP contribution in [-0.2, 0) is 11.0 Å². The third kappa shape index (κ3) is 4.14. The van der Waals surface area contributed by atoms with E-state index in [1.807, 2.05) is 0 Å². The third-order valence-electron chi connectivity index (χ3n) is 8.83. The van der Waals surface area contributed by atoms with E-state index in [9.17, 15) is 18.0 Å². The van der Waals surface area contributed by atoms with E-state index >= 15 is 0 Å². The second-order valence-electron chi connectivity index (χ2n) is 11.0. The number of fused-ring (bicyclic) bond motifs is 1. The molecule has 2 heterocycles. The van der Waals surface area contributed by atoms with Crippen LogP contribution in [0.5, 0.6) is 0 Å². The van der Waals surface area contributed by atoms with Gasteiger partial charge in [-0.1, -0.05) is 29.3 Å². The van der Waals surface area contributed by atoms with Gasteiger partial charge in [0.05, 0.1) is 16.1 Å². The minimum atomic E-state index is -4.63. The fourth-order valence-corrected chi connectivity index (χ4v) is 7.80. The van der Waals surface area contributed by atoms with Crippen LogP contribution in [0.1, 0.15) is 56.3 Å².